The molecule has 0 atom stereocenters. The number of anilines is 1. The molecule has 1 aromatic carbocycles. The van der Waals surface area contributed by atoms with Crippen LogP contribution in [-0.4, -0.2) is 28.4 Å². The van der Waals surface area contributed by atoms with Crippen LogP contribution in [0.25, 0.3) is 15.9 Å². The topological polar surface area (TPSA) is 38.1 Å². The largest absolute Gasteiger partial charge is 0.342 e. The van der Waals surface area contributed by atoms with Gasteiger partial charge in [0.2, 0.25) is 5.95 Å². The highest BCUT2D eigenvalue weighted by Gasteiger charge is 2.26. The Labute approximate surface area is 164 Å². The Kier molecular flexibility index (Phi) is 4.22. The minimum atomic E-state index is 0.0589. The number of thiophene rings is 1. The molecule has 0 aliphatic carbocycles. The standard InChI is InChI=1S/C19H18ClN3OS2/c20-12-3-5-13(6-4-12)23-18(24)16-14-7-10-25-11-15(14)26-17(16)21-19(23)22-8-1-2-9-22/h3-6H,1-2,7-11H2. The summed E-state index contributed by atoms with van der Waals surface area (Å²) in [5.74, 6) is 2.84. The summed E-state index contributed by atoms with van der Waals surface area (Å²) in [6.07, 6.45) is 3.25. The normalized spacial score (nSPS) is 17.0. The number of aromatic nitrogens is 2. The van der Waals surface area contributed by atoms with E-state index in [0.717, 1.165) is 65.7 Å². The van der Waals surface area contributed by atoms with Crippen molar-refractivity contribution in [2.45, 2.75) is 25.0 Å². The van der Waals surface area contributed by atoms with Crippen LogP contribution < -0.4 is 10.5 Å². The fraction of sp³-hybridized carbons (Fsp3) is 0.368. The van der Waals surface area contributed by atoms with Crippen LogP contribution in [0.3, 0.4) is 0 Å². The number of hydrogen-bond donors (Lipinski definition) is 0. The van der Waals surface area contributed by atoms with E-state index in [4.69, 9.17) is 16.6 Å². The summed E-state index contributed by atoms with van der Waals surface area (Å²) in [4.78, 5) is 23.0. The Morgan fingerprint density at radius 3 is 2.65 bits per heavy atom. The molecule has 2 aliphatic heterocycles. The van der Waals surface area contributed by atoms with Gasteiger partial charge in [0, 0.05) is 28.7 Å². The zero-order valence-corrected chi connectivity index (χ0v) is 16.6. The summed E-state index contributed by atoms with van der Waals surface area (Å²) >= 11 is 9.70. The van der Waals surface area contributed by atoms with E-state index in [0.29, 0.717) is 5.02 Å². The molecule has 26 heavy (non-hydrogen) atoms. The molecule has 0 N–H and O–H groups in total. The number of hydrogen-bond acceptors (Lipinski definition) is 5. The molecule has 4 nitrogen and oxygen atoms in total. The van der Waals surface area contributed by atoms with Crippen LogP contribution >= 0.6 is 34.7 Å². The maximum absolute atomic E-state index is 13.6. The zero-order valence-electron chi connectivity index (χ0n) is 14.2. The fourth-order valence-corrected chi connectivity index (χ4v) is 6.28. The highest BCUT2D eigenvalue weighted by molar-refractivity contribution is 7.98. The number of thioether (sulfide) groups is 1. The molecule has 4 heterocycles. The smallest absolute Gasteiger partial charge is 0.268 e. The average Bonchev–Trinajstić information content (AvgIpc) is 3.30. The van der Waals surface area contributed by atoms with Gasteiger partial charge in [-0.1, -0.05) is 11.6 Å². The Bertz CT molecular complexity index is 1040. The van der Waals surface area contributed by atoms with Gasteiger partial charge in [-0.2, -0.15) is 11.8 Å². The van der Waals surface area contributed by atoms with Gasteiger partial charge in [0.15, 0.2) is 0 Å². The number of fused-ring (bicyclic) bond motifs is 3. The lowest BCUT2D eigenvalue weighted by Crippen LogP contribution is -2.30. The average molecular weight is 404 g/mol. The van der Waals surface area contributed by atoms with Crippen LogP contribution in [-0.2, 0) is 12.2 Å². The highest BCUT2D eigenvalue weighted by Crippen LogP contribution is 2.37. The maximum Gasteiger partial charge on any atom is 0.268 e. The molecule has 0 radical (unpaired) electrons. The van der Waals surface area contributed by atoms with Gasteiger partial charge < -0.3 is 4.90 Å². The molecule has 2 aromatic heterocycles. The van der Waals surface area contributed by atoms with Gasteiger partial charge >= 0.3 is 0 Å². The van der Waals surface area contributed by atoms with E-state index in [2.05, 4.69) is 4.90 Å². The van der Waals surface area contributed by atoms with Crippen LogP contribution in [0, 0.1) is 0 Å². The van der Waals surface area contributed by atoms with Crippen molar-refractivity contribution in [3.05, 3.63) is 50.1 Å². The third kappa shape index (κ3) is 2.66. The van der Waals surface area contributed by atoms with Gasteiger partial charge in [0.05, 0.1) is 11.1 Å². The van der Waals surface area contributed by atoms with E-state index >= 15 is 0 Å². The summed E-state index contributed by atoms with van der Waals surface area (Å²) < 4.78 is 1.79. The molecule has 2 aliphatic rings. The minimum Gasteiger partial charge on any atom is -0.342 e. The van der Waals surface area contributed by atoms with Gasteiger partial charge in [-0.05, 0) is 54.8 Å². The number of nitrogens with zero attached hydrogens (tertiary/aromatic N) is 3. The molecule has 0 saturated carbocycles. The Morgan fingerprint density at radius 1 is 1.12 bits per heavy atom. The molecule has 0 unspecified atom stereocenters. The molecule has 0 amide bonds. The van der Waals surface area contributed by atoms with Crippen LogP contribution in [0.15, 0.2) is 29.1 Å². The zero-order chi connectivity index (χ0) is 17.7. The SMILES string of the molecule is O=c1c2c3c(sc2nc(N2CCCC2)n1-c1ccc(Cl)cc1)CSCC3. The highest BCUT2D eigenvalue weighted by atomic mass is 35.5. The van der Waals surface area contributed by atoms with Gasteiger partial charge in [-0.25, -0.2) is 9.55 Å². The van der Waals surface area contributed by atoms with Crippen molar-refractivity contribution in [3.63, 3.8) is 0 Å². The van der Waals surface area contributed by atoms with Gasteiger partial charge in [-0.3, -0.25) is 4.79 Å². The molecule has 1 saturated heterocycles. The number of benzene rings is 1. The van der Waals surface area contributed by atoms with Crippen molar-refractivity contribution in [3.8, 4) is 5.69 Å². The molecule has 3 aromatic rings. The minimum absolute atomic E-state index is 0.0589. The summed E-state index contributed by atoms with van der Waals surface area (Å²) in [5, 5.41) is 1.49. The maximum atomic E-state index is 13.6. The van der Waals surface area contributed by atoms with Crippen molar-refractivity contribution in [2.24, 2.45) is 0 Å². The van der Waals surface area contributed by atoms with E-state index in [1.165, 1.54) is 10.4 Å². The van der Waals surface area contributed by atoms with E-state index in [1.54, 1.807) is 15.9 Å². The lowest BCUT2D eigenvalue weighted by molar-refractivity contribution is 0.841. The van der Waals surface area contributed by atoms with Crippen LogP contribution in [0.1, 0.15) is 23.3 Å². The van der Waals surface area contributed by atoms with Crippen molar-refractivity contribution in [1.82, 2.24) is 9.55 Å². The van der Waals surface area contributed by atoms with E-state index < -0.39 is 0 Å². The molecular weight excluding hydrogens is 386 g/mol. The van der Waals surface area contributed by atoms with Gasteiger partial charge in [0.25, 0.3) is 5.56 Å². The quantitative estimate of drug-likeness (QED) is 0.631. The second-order valence-electron chi connectivity index (χ2n) is 6.71. The van der Waals surface area contributed by atoms with Crippen LogP contribution in [0.4, 0.5) is 5.95 Å². The van der Waals surface area contributed by atoms with Crippen molar-refractivity contribution >= 4 is 50.9 Å². The molecule has 134 valence electrons. The predicted molar refractivity (Wildman–Crippen MR) is 112 cm³/mol. The van der Waals surface area contributed by atoms with Gasteiger partial charge in [0.1, 0.15) is 4.83 Å². The Morgan fingerprint density at radius 2 is 1.88 bits per heavy atom. The first kappa shape index (κ1) is 16.7. The Balaban J connectivity index is 1.81. The first-order valence-corrected chi connectivity index (χ1v) is 11.2. The molecular formula is C19H18ClN3OS2. The Hall–Kier alpha value is -1.50. The molecule has 1 fully saturated rings. The summed E-state index contributed by atoms with van der Waals surface area (Å²) in [5.41, 5.74) is 2.11. The third-order valence-electron chi connectivity index (χ3n) is 5.09. The van der Waals surface area contributed by atoms with Gasteiger partial charge in [-0.15, -0.1) is 11.3 Å². The third-order valence-corrected chi connectivity index (χ3v) is 7.64. The van der Waals surface area contributed by atoms with Crippen molar-refractivity contribution in [2.75, 3.05) is 23.7 Å². The van der Waals surface area contributed by atoms with E-state index in [9.17, 15) is 4.79 Å². The summed E-state index contributed by atoms with van der Waals surface area (Å²) in [6, 6.07) is 7.49. The second-order valence-corrected chi connectivity index (χ2v) is 9.33. The lowest BCUT2D eigenvalue weighted by Gasteiger charge is -2.21. The monoisotopic (exact) mass is 403 g/mol. The van der Waals surface area contributed by atoms with Crippen molar-refractivity contribution < 1.29 is 0 Å². The van der Waals surface area contributed by atoms with Crippen LogP contribution in [0.2, 0.25) is 5.02 Å². The van der Waals surface area contributed by atoms with E-state index in [-0.39, 0.29) is 5.56 Å². The first-order chi connectivity index (χ1) is 12.7. The summed E-state index contributed by atoms with van der Waals surface area (Å²) in [6.45, 7) is 1.90. The lowest BCUT2D eigenvalue weighted by atomic mass is 10.1. The molecule has 5 rings (SSSR count). The van der Waals surface area contributed by atoms with Crippen LogP contribution in [0.5, 0.6) is 0 Å². The fourth-order valence-electron chi connectivity index (χ4n) is 3.81. The van der Waals surface area contributed by atoms with E-state index in [1.807, 2.05) is 36.0 Å². The molecule has 0 bridgehead atoms. The predicted octanol–water partition coefficient (Wildman–Crippen LogP) is 4.49. The molecule has 7 heteroatoms. The number of halogens is 1. The molecule has 0 spiro atoms. The first-order valence-electron chi connectivity index (χ1n) is 8.88. The summed E-state index contributed by atoms with van der Waals surface area (Å²) in [7, 11) is 0. The number of aryl methyl sites for hydroxylation is 1. The second kappa shape index (κ2) is 6.59. The number of rotatable bonds is 2. The van der Waals surface area contributed by atoms with Crippen molar-refractivity contribution in [1.29, 1.82) is 0 Å².